The topological polar surface area (TPSA) is 94.0 Å². The highest BCUT2D eigenvalue weighted by Crippen LogP contribution is 2.37. The average Bonchev–Trinajstić information content (AvgIpc) is 3.14. The Morgan fingerprint density at radius 3 is 2.14 bits per heavy atom. The van der Waals surface area contributed by atoms with Gasteiger partial charge in [0.05, 0.1) is 5.69 Å². The maximum atomic E-state index is 12.4. The first-order chi connectivity index (χ1) is 16.7. The van der Waals surface area contributed by atoms with Gasteiger partial charge in [0.1, 0.15) is 24.2 Å². The summed E-state index contributed by atoms with van der Waals surface area (Å²) in [5.41, 5.74) is -1.66. The number of imidazole rings is 1. The van der Waals surface area contributed by atoms with Gasteiger partial charge in [-0.3, -0.25) is 4.57 Å². The molecule has 0 atom stereocenters. The van der Waals surface area contributed by atoms with Crippen LogP contribution in [-0.2, 0) is 0 Å². The van der Waals surface area contributed by atoms with Crippen molar-refractivity contribution in [2.75, 3.05) is 10.6 Å². The summed E-state index contributed by atoms with van der Waals surface area (Å²) in [6.07, 6.45) is 3.08. The Labute approximate surface area is 202 Å². The number of halogens is 3. The van der Waals surface area contributed by atoms with Crippen LogP contribution in [0.15, 0.2) is 72.1 Å². The van der Waals surface area contributed by atoms with E-state index in [2.05, 4.69) is 25.6 Å². The SMILES string of the molecule is Cc1ncn(-c2cc(Oc3ccc(NC(=O)Nc4ccc(SC(F)(F)F)cc4)cc3)ncn2)c1C. The second-order valence-electron chi connectivity index (χ2n) is 7.28. The van der Waals surface area contributed by atoms with Gasteiger partial charge in [-0.2, -0.15) is 13.2 Å². The number of alkyl halides is 3. The smallest absolute Gasteiger partial charge is 0.439 e. The standard InChI is InChI=1S/C23H19F3N6O2S/c1-14-15(2)32(13-29-14)20-11-21(28-12-27-20)34-18-7-3-16(4-8-18)30-22(33)31-17-5-9-19(10-6-17)35-23(24,25)26/h3-13H,1-2H3,(H2,30,31,33). The summed E-state index contributed by atoms with van der Waals surface area (Å²) in [7, 11) is 0. The van der Waals surface area contributed by atoms with Crippen LogP contribution in [0.25, 0.3) is 5.82 Å². The van der Waals surface area contributed by atoms with Crippen molar-refractivity contribution >= 4 is 29.2 Å². The first-order valence-electron chi connectivity index (χ1n) is 10.2. The number of rotatable bonds is 6. The Balaban J connectivity index is 1.34. The summed E-state index contributed by atoms with van der Waals surface area (Å²) >= 11 is -0.218. The van der Waals surface area contributed by atoms with Crippen LogP contribution in [0.3, 0.4) is 0 Å². The number of ether oxygens (including phenoxy) is 1. The molecule has 8 nitrogen and oxygen atoms in total. The van der Waals surface area contributed by atoms with E-state index < -0.39 is 11.5 Å². The van der Waals surface area contributed by atoms with Gasteiger partial charge in [0.25, 0.3) is 0 Å². The fraction of sp³-hybridized carbons (Fsp3) is 0.130. The van der Waals surface area contributed by atoms with Crippen molar-refractivity contribution in [3.63, 3.8) is 0 Å². The minimum atomic E-state index is -4.36. The number of urea groups is 1. The molecule has 0 aliphatic carbocycles. The van der Waals surface area contributed by atoms with Crippen molar-refractivity contribution in [3.8, 4) is 17.4 Å². The number of nitrogens with zero attached hydrogens (tertiary/aromatic N) is 4. The van der Waals surface area contributed by atoms with E-state index in [9.17, 15) is 18.0 Å². The first kappa shape index (κ1) is 24.1. The average molecular weight is 501 g/mol. The van der Waals surface area contributed by atoms with E-state index in [0.717, 1.165) is 11.4 Å². The third kappa shape index (κ3) is 6.51. The second kappa shape index (κ2) is 10.1. The Kier molecular flexibility index (Phi) is 6.92. The van der Waals surface area contributed by atoms with Crippen LogP contribution in [0.1, 0.15) is 11.4 Å². The molecule has 0 fully saturated rings. The predicted molar refractivity (Wildman–Crippen MR) is 126 cm³/mol. The molecule has 0 unspecified atom stereocenters. The zero-order valence-corrected chi connectivity index (χ0v) is 19.3. The van der Waals surface area contributed by atoms with E-state index in [1.807, 2.05) is 18.4 Å². The maximum absolute atomic E-state index is 12.4. The number of nitrogens with one attached hydrogen (secondary N) is 2. The molecule has 0 saturated carbocycles. The molecule has 2 aromatic carbocycles. The highest BCUT2D eigenvalue weighted by atomic mass is 32.2. The summed E-state index contributed by atoms with van der Waals surface area (Å²) in [6.45, 7) is 3.85. The molecule has 35 heavy (non-hydrogen) atoms. The van der Waals surface area contributed by atoms with Crippen molar-refractivity contribution in [2.24, 2.45) is 0 Å². The van der Waals surface area contributed by atoms with Crippen LogP contribution in [0.5, 0.6) is 11.6 Å². The molecule has 0 aliphatic heterocycles. The van der Waals surface area contributed by atoms with E-state index in [0.29, 0.717) is 28.8 Å². The lowest BCUT2D eigenvalue weighted by atomic mass is 10.3. The zero-order valence-electron chi connectivity index (χ0n) is 18.5. The molecule has 2 aromatic heterocycles. The Hall–Kier alpha value is -4.06. The number of aryl methyl sites for hydroxylation is 1. The van der Waals surface area contributed by atoms with Gasteiger partial charge in [-0.25, -0.2) is 19.7 Å². The van der Waals surface area contributed by atoms with Crippen molar-refractivity contribution in [2.45, 2.75) is 24.3 Å². The minimum absolute atomic E-state index is 0.0325. The Bertz CT molecular complexity index is 1320. The van der Waals surface area contributed by atoms with Crippen LogP contribution < -0.4 is 15.4 Å². The molecule has 0 saturated heterocycles. The number of anilines is 2. The third-order valence-electron chi connectivity index (χ3n) is 4.81. The van der Waals surface area contributed by atoms with Crippen LogP contribution in [0.2, 0.25) is 0 Å². The number of hydrogen-bond donors (Lipinski definition) is 2. The lowest BCUT2D eigenvalue weighted by Gasteiger charge is -2.10. The molecular weight excluding hydrogens is 481 g/mol. The van der Waals surface area contributed by atoms with Crippen molar-refractivity contribution in [3.05, 3.63) is 78.6 Å². The number of aromatic nitrogens is 4. The van der Waals surface area contributed by atoms with Crippen molar-refractivity contribution in [1.82, 2.24) is 19.5 Å². The largest absolute Gasteiger partial charge is 0.446 e. The molecule has 4 aromatic rings. The molecule has 0 radical (unpaired) electrons. The molecule has 4 rings (SSSR count). The predicted octanol–water partition coefficient (Wildman–Crippen LogP) is 6.33. The van der Waals surface area contributed by atoms with Crippen molar-refractivity contribution in [1.29, 1.82) is 0 Å². The lowest BCUT2D eigenvalue weighted by molar-refractivity contribution is -0.0328. The number of carbonyl (C=O) groups is 1. The van der Waals surface area contributed by atoms with E-state index in [-0.39, 0.29) is 16.7 Å². The lowest BCUT2D eigenvalue weighted by Crippen LogP contribution is -2.19. The summed E-state index contributed by atoms with van der Waals surface area (Å²) in [6, 6.07) is 13.1. The van der Waals surface area contributed by atoms with Gasteiger partial charge in [-0.05, 0) is 74.1 Å². The number of hydrogen-bond acceptors (Lipinski definition) is 6. The molecule has 0 spiro atoms. The van der Waals surface area contributed by atoms with Gasteiger partial charge in [0, 0.05) is 28.0 Å². The summed E-state index contributed by atoms with van der Waals surface area (Å²) < 4.78 is 44.9. The number of amides is 2. The number of benzene rings is 2. The Morgan fingerprint density at radius 1 is 0.943 bits per heavy atom. The van der Waals surface area contributed by atoms with Crippen molar-refractivity contribution < 1.29 is 22.7 Å². The third-order valence-corrected chi connectivity index (χ3v) is 5.55. The van der Waals surface area contributed by atoms with Gasteiger partial charge < -0.3 is 15.4 Å². The molecule has 12 heteroatoms. The van der Waals surface area contributed by atoms with E-state index in [1.54, 1.807) is 36.7 Å². The van der Waals surface area contributed by atoms with E-state index in [4.69, 9.17) is 4.74 Å². The number of thioether (sulfide) groups is 1. The van der Waals surface area contributed by atoms with Gasteiger partial charge in [-0.15, -0.1) is 0 Å². The molecule has 2 amide bonds. The van der Waals surface area contributed by atoms with Gasteiger partial charge in [0.15, 0.2) is 0 Å². The van der Waals surface area contributed by atoms with Crippen LogP contribution in [-0.4, -0.2) is 31.1 Å². The van der Waals surface area contributed by atoms with Gasteiger partial charge in [0.2, 0.25) is 5.88 Å². The molecular formula is C23H19F3N6O2S. The van der Waals surface area contributed by atoms with Crippen LogP contribution in [0, 0.1) is 13.8 Å². The van der Waals surface area contributed by atoms with Crippen LogP contribution >= 0.6 is 11.8 Å². The zero-order chi connectivity index (χ0) is 25.0. The number of carbonyl (C=O) groups excluding carboxylic acids is 1. The highest BCUT2D eigenvalue weighted by Gasteiger charge is 2.29. The molecule has 0 aliphatic rings. The normalized spacial score (nSPS) is 11.2. The van der Waals surface area contributed by atoms with E-state index in [1.165, 1.54) is 30.6 Å². The summed E-state index contributed by atoms with van der Waals surface area (Å²) in [4.78, 5) is 24.9. The maximum Gasteiger partial charge on any atom is 0.446 e. The molecule has 2 N–H and O–H groups in total. The molecule has 180 valence electrons. The van der Waals surface area contributed by atoms with E-state index >= 15 is 0 Å². The Morgan fingerprint density at radius 2 is 1.57 bits per heavy atom. The first-order valence-corrected chi connectivity index (χ1v) is 11.0. The summed E-state index contributed by atoms with van der Waals surface area (Å²) in [5.74, 6) is 1.45. The monoisotopic (exact) mass is 500 g/mol. The second-order valence-corrected chi connectivity index (χ2v) is 8.42. The van der Waals surface area contributed by atoms with Crippen LogP contribution in [0.4, 0.5) is 29.3 Å². The fourth-order valence-corrected chi connectivity index (χ4v) is 3.55. The molecule has 2 heterocycles. The van der Waals surface area contributed by atoms with Gasteiger partial charge >= 0.3 is 11.5 Å². The quantitative estimate of drug-likeness (QED) is 0.301. The minimum Gasteiger partial charge on any atom is -0.439 e. The fourth-order valence-electron chi connectivity index (χ4n) is 3.01. The highest BCUT2D eigenvalue weighted by molar-refractivity contribution is 8.00. The van der Waals surface area contributed by atoms with Gasteiger partial charge in [-0.1, -0.05) is 0 Å². The molecule has 0 bridgehead atoms. The summed E-state index contributed by atoms with van der Waals surface area (Å²) in [5, 5.41) is 5.21.